The predicted molar refractivity (Wildman–Crippen MR) is 128 cm³/mol. The Labute approximate surface area is 223 Å². The van der Waals surface area contributed by atoms with E-state index in [0.717, 1.165) is 35.2 Å². The summed E-state index contributed by atoms with van der Waals surface area (Å²) in [5.74, 6) is -0.930. The molecule has 1 N–H and O–H groups in total. The van der Waals surface area contributed by atoms with E-state index >= 15 is 0 Å². The van der Waals surface area contributed by atoms with Crippen LogP contribution in [-0.4, -0.2) is 17.5 Å². The molecule has 212 valence electrons. The lowest BCUT2D eigenvalue weighted by Gasteiger charge is -2.29. The predicted octanol–water partition coefficient (Wildman–Crippen LogP) is 7.22. The summed E-state index contributed by atoms with van der Waals surface area (Å²) < 4.78 is 109. The number of aromatic nitrogens is 1. The van der Waals surface area contributed by atoms with Gasteiger partial charge in [0.2, 0.25) is 0 Å². The first-order valence-corrected chi connectivity index (χ1v) is 11.7. The van der Waals surface area contributed by atoms with Gasteiger partial charge < -0.3 is 10.1 Å². The molecular weight excluding hydrogens is 550 g/mol. The summed E-state index contributed by atoms with van der Waals surface area (Å²) in [6.07, 6.45) is -7.93. The molecule has 0 saturated heterocycles. The maximum atomic E-state index is 13.6. The van der Waals surface area contributed by atoms with Gasteiger partial charge in [0, 0.05) is 5.69 Å². The fourth-order valence-electron chi connectivity index (χ4n) is 4.21. The smallest absolute Gasteiger partial charge is 0.433 e. The third-order valence-corrected chi connectivity index (χ3v) is 6.08. The standard InChI is InChI=1S/C27H21F8N3O2/c1-25(2,21-7-4-8-22(36-21)27(33,34)35)37-19-14-20(15-5-3-6-18(13-15)40-24(28)29)38(23(19)39)17-11-9-16(10-12-17)26(30,31)32/h3-14,20,24,37H,1-2H3. The van der Waals surface area contributed by atoms with Crippen molar-refractivity contribution in [2.75, 3.05) is 4.90 Å². The Hall–Kier alpha value is -4.16. The zero-order chi connectivity index (χ0) is 29.5. The second-order valence-corrected chi connectivity index (χ2v) is 9.35. The van der Waals surface area contributed by atoms with Crippen molar-refractivity contribution in [2.45, 2.75) is 44.4 Å². The van der Waals surface area contributed by atoms with Crippen LogP contribution in [0.1, 0.15) is 42.4 Å². The van der Waals surface area contributed by atoms with Crippen LogP contribution in [0.3, 0.4) is 0 Å². The average Bonchev–Trinajstić information content (AvgIpc) is 3.18. The van der Waals surface area contributed by atoms with Crippen LogP contribution < -0.4 is 15.0 Å². The number of pyridine rings is 1. The largest absolute Gasteiger partial charge is 0.435 e. The summed E-state index contributed by atoms with van der Waals surface area (Å²) >= 11 is 0. The van der Waals surface area contributed by atoms with Gasteiger partial charge in [-0.15, -0.1) is 0 Å². The van der Waals surface area contributed by atoms with Crippen molar-refractivity contribution in [1.82, 2.24) is 10.3 Å². The third-order valence-electron chi connectivity index (χ3n) is 6.08. The lowest BCUT2D eigenvalue weighted by atomic mass is 9.98. The van der Waals surface area contributed by atoms with Gasteiger partial charge in [-0.05, 0) is 74.0 Å². The molecule has 0 aliphatic carbocycles. The first-order chi connectivity index (χ1) is 18.6. The van der Waals surface area contributed by atoms with E-state index in [9.17, 15) is 39.9 Å². The molecule has 0 fully saturated rings. The molecule has 2 heterocycles. The molecule has 0 bridgehead atoms. The molecule has 0 saturated carbocycles. The van der Waals surface area contributed by atoms with Gasteiger partial charge in [0.1, 0.15) is 11.4 Å². The summed E-state index contributed by atoms with van der Waals surface area (Å²) in [6, 6.07) is 11.5. The average molecular weight is 571 g/mol. The van der Waals surface area contributed by atoms with Crippen molar-refractivity contribution in [1.29, 1.82) is 0 Å². The molecule has 0 spiro atoms. The van der Waals surface area contributed by atoms with Crippen LogP contribution in [-0.2, 0) is 22.7 Å². The number of amides is 1. The number of nitrogens with one attached hydrogen (secondary N) is 1. The van der Waals surface area contributed by atoms with Gasteiger partial charge in [0.15, 0.2) is 0 Å². The topological polar surface area (TPSA) is 54.5 Å². The first-order valence-electron chi connectivity index (χ1n) is 11.7. The lowest BCUT2D eigenvalue weighted by Crippen LogP contribution is -2.41. The number of anilines is 1. The van der Waals surface area contributed by atoms with Crippen molar-refractivity contribution in [3.63, 3.8) is 0 Å². The molecule has 5 nitrogen and oxygen atoms in total. The fourth-order valence-corrected chi connectivity index (χ4v) is 4.21. The number of nitrogens with zero attached hydrogens (tertiary/aromatic N) is 2. The molecule has 1 aromatic heterocycles. The maximum Gasteiger partial charge on any atom is 0.433 e. The Bertz CT molecular complexity index is 1420. The number of rotatable bonds is 7. The normalized spacial score (nSPS) is 16.4. The van der Waals surface area contributed by atoms with E-state index in [0.29, 0.717) is 0 Å². The molecule has 4 rings (SSSR count). The van der Waals surface area contributed by atoms with Gasteiger partial charge in [0.05, 0.1) is 28.5 Å². The van der Waals surface area contributed by atoms with E-state index in [-0.39, 0.29) is 28.4 Å². The van der Waals surface area contributed by atoms with Crippen LogP contribution in [0.4, 0.5) is 40.8 Å². The highest BCUT2D eigenvalue weighted by Gasteiger charge is 2.39. The summed E-state index contributed by atoms with van der Waals surface area (Å²) in [5.41, 5.74) is -3.17. The SMILES string of the molecule is CC(C)(NC1=CC(c2cccc(OC(F)F)c2)N(c2ccc(C(F)(F)F)cc2)C1=O)c1cccc(C(F)(F)F)n1. The molecule has 1 aliphatic heterocycles. The van der Waals surface area contributed by atoms with Crippen molar-refractivity contribution in [3.8, 4) is 5.75 Å². The second-order valence-electron chi connectivity index (χ2n) is 9.35. The van der Waals surface area contributed by atoms with Crippen LogP contribution in [0.25, 0.3) is 0 Å². The van der Waals surface area contributed by atoms with Gasteiger partial charge in [-0.1, -0.05) is 18.2 Å². The minimum Gasteiger partial charge on any atom is -0.435 e. The highest BCUT2D eigenvalue weighted by Crippen LogP contribution is 2.39. The van der Waals surface area contributed by atoms with Crippen molar-refractivity contribution >= 4 is 11.6 Å². The number of hydrogen-bond donors (Lipinski definition) is 1. The number of halogens is 8. The monoisotopic (exact) mass is 571 g/mol. The van der Waals surface area contributed by atoms with E-state index in [1.165, 1.54) is 56.3 Å². The van der Waals surface area contributed by atoms with Crippen LogP contribution >= 0.6 is 0 Å². The molecule has 2 aromatic carbocycles. The van der Waals surface area contributed by atoms with Crippen molar-refractivity contribution in [3.05, 3.63) is 101 Å². The van der Waals surface area contributed by atoms with E-state index in [2.05, 4.69) is 15.0 Å². The number of hydrogen-bond acceptors (Lipinski definition) is 4. The van der Waals surface area contributed by atoms with Gasteiger partial charge in [0.25, 0.3) is 5.91 Å². The van der Waals surface area contributed by atoms with Crippen LogP contribution in [0.15, 0.2) is 78.5 Å². The molecule has 1 unspecified atom stereocenters. The van der Waals surface area contributed by atoms with Crippen molar-refractivity contribution in [2.24, 2.45) is 0 Å². The van der Waals surface area contributed by atoms with E-state index < -0.39 is 47.7 Å². The molecule has 3 aromatic rings. The zero-order valence-electron chi connectivity index (χ0n) is 20.8. The Kier molecular flexibility index (Phi) is 7.52. The number of alkyl halides is 8. The molecule has 13 heteroatoms. The molecule has 1 atom stereocenters. The summed E-state index contributed by atoms with van der Waals surface area (Å²) in [6.45, 7) is -0.132. The number of benzene rings is 2. The number of carbonyl (C=O) groups excluding carboxylic acids is 1. The van der Waals surface area contributed by atoms with Gasteiger partial charge >= 0.3 is 19.0 Å². The fraction of sp³-hybridized carbons (Fsp3) is 0.259. The third kappa shape index (κ3) is 6.18. The zero-order valence-corrected chi connectivity index (χ0v) is 20.8. The maximum absolute atomic E-state index is 13.6. The minimum atomic E-state index is -4.70. The second kappa shape index (κ2) is 10.4. The molecule has 40 heavy (non-hydrogen) atoms. The lowest BCUT2D eigenvalue weighted by molar-refractivity contribution is -0.141. The van der Waals surface area contributed by atoms with E-state index in [4.69, 9.17) is 0 Å². The number of carbonyl (C=O) groups is 1. The highest BCUT2D eigenvalue weighted by molar-refractivity contribution is 6.09. The highest BCUT2D eigenvalue weighted by atomic mass is 19.4. The van der Waals surface area contributed by atoms with Gasteiger partial charge in [-0.2, -0.15) is 35.1 Å². The van der Waals surface area contributed by atoms with Crippen LogP contribution in [0.2, 0.25) is 0 Å². The molecule has 0 radical (unpaired) electrons. The Morgan fingerprint density at radius 2 is 1.50 bits per heavy atom. The summed E-state index contributed by atoms with van der Waals surface area (Å²) in [5, 5.41) is 2.89. The molecular formula is C27H21F8N3O2. The minimum absolute atomic E-state index is 0.0344. The Morgan fingerprint density at radius 3 is 2.10 bits per heavy atom. The molecule has 1 amide bonds. The summed E-state index contributed by atoms with van der Waals surface area (Å²) in [4.78, 5) is 18.4. The van der Waals surface area contributed by atoms with E-state index in [1.807, 2.05) is 0 Å². The summed E-state index contributed by atoms with van der Waals surface area (Å²) in [7, 11) is 0. The van der Waals surface area contributed by atoms with Gasteiger partial charge in [-0.25, -0.2) is 4.98 Å². The first kappa shape index (κ1) is 28.8. The van der Waals surface area contributed by atoms with Crippen LogP contribution in [0.5, 0.6) is 5.75 Å². The van der Waals surface area contributed by atoms with Crippen molar-refractivity contribution < 1.29 is 44.7 Å². The number of ether oxygens (including phenoxy) is 1. The Morgan fingerprint density at radius 1 is 0.875 bits per heavy atom. The quantitative estimate of drug-likeness (QED) is 0.305. The van der Waals surface area contributed by atoms with Crippen LogP contribution in [0, 0.1) is 0 Å². The van der Waals surface area contributed by atoms with Gasteiger partial charge in [-0.3, -0.25) is 9.69 Å². The Balaban J connectivity index is 1.74. The molecule has 1 aliphatic rings. The van der Waals surface area contributed by atoms with E-state index in [1.54, 1.807) is 0 Å².